The standard InChI is InChI=1S/C13H21N5O3/c1-10(7-17-4-2-3-5-17)6-14-13(21)11-8-18(16-15-11)9-12(19)20/h8,10H,2-7,9H2,1H3,(H,14,21)(H,19,20). The molecule has 0 bridgehead atoms. The summed E-state index contributed by atoms with van der Waals surface area (Å²) in [5, 5.41) is 18.7. The third-order valence-corrected chi connectivity index (χ3v) is 3.45. The highest BCUT2D eigenvalue weighted by Crippen LogP contribution is 2.09. The summed E-state index contributed by atoms with van der Waals surface area (Å²) in [6, 6.07) is 0. The molecule has 1 aliphatic rings. The summed E-state index contributed by atoms with van der Waals surface area (Å²) in [7, 11) is 0. The average molecular weight is 295 g/mol. The second-order valence-electron chi connectivity index (χ2n) is 5.52. The highest BCUT2D eigenvalue weighted by molar-refractivity contribution is 5.91. The Morgan fingerprint density at radius 1 is 1.43 bits per heavy atom. The maximum Gasteiger partial charge on any atom is 0.325 e. The number of carbonyl (C=O) groups excluding carboxylic acids is 1. The number of hydrogen-bond acceptors (Lipinski definition) is 5. The van der Waals surface area contributed by atoms with Gasteiger partial charge in [0.05, 0.1) is 6.20 Å². The van der Waals surface area contributed by atoms with Crippen LogP contribution in [0.25, 0.3) is 0 Å². The molecule has 0 aromatic carbocycles. The van der Waals surface area contributed by atoms with E-state index in [1.807, 2.05) is 0 Å². The van der Waals surface area contributed by atoms with E-state index < -0.39 is 5.97 Å². The molecule has 1 aromatic heterocycles. The van der Waals surface area contributed by atoms with Crippen molar-refractivity contribution in [3.63, 3.8) is 0 Å². The lowest BCUT2D eigenvalue weighted by atomic mass is 10.1. The summed E-state index contributed by atoms with van der Waals surface area (Å²) < 4.78 is 1.13. The van der Waals surface area contributed by atoms with E-state index >= 15 is 0 Å². The summed E-state index contributed by atoms with van der Waals surface area (Å²) in [6.45, 7) is 5.63. The Balaban J connectivity index is 1.75. The van der Waals surface area contributed by atoms with E-state index in [9.17, 15) is 9.59 Å². The Kier molecular flexibility index (Phi) is 5.26. The van der Waals surface area contributed by atoms with Gasteiger partial charge < -0.3 is 15.3 Å². The fourth-order valence-corrected chi connectivity index (χ4v) is 2.45. The van der Waals surface area contributed by atoms with Crippen molar-refractivity contribution in [2.24, 2.45) is 5.92 Å². The number of carbonyl (C=O) groups is 2. The maximum atomic E-state index is 11.9. The second-order valence-corrected chi connectivity index (χ2v) is 5.52. The van der Waals surface area contributed by atoms with Crippen molar-refractivity contribution in [2.45, 2.75) is 26.3 Å². The molecule has 1 aliphatic heterocycles. The minimum Gasteiger partial charge on any atom is -0.480 e. The van der Waals surface area contributed by atoms with Crippen LogP contribution in [0.2, 0.25) is 0 Å². The molecule has 1 saturated heterocycles. The maximum absolute atomic E-state index is 11.9. The molecule has 1 fully saturated rings. The summed E-state index contributed by atoms with van der Waals surface area (Å²) in [6.07, 6.45) is 3.85. The number of nitrogens with one attached hydrogen (secondary N) is 1. The zero-order valence-electron chi connectivity index (χ0n) is 12.2. The quantitative estimate of drug-likeness (QED) is 0.724. The lowest BCUT2D eigenvalue weighted by Crippen LogP contribution is -2.34. The van der Waals surface area contributed by atoms with Crippen LogP contribution in [0, 0.1) is 5.92 Å². The molecule has 0 radical (unpaired) electrons. The van der Waals surface area contributed by atoms with Gasteiger partial charge in [-0.15, -0.1) is 5.10 Å². The smallest absolute Gasteiger partial charge is 0.325 e. The van der Waals surface area contributed by atoms with E-state index in [1.54, 1.807) is 0 Å². The molecule has 0 saturated carbocycles. The van der Waals surface area contributed by atoms with Gasteiger partial charge in [-0.05, 0) is 31.8 Å². The van der Waals surface area contributed by atoms with Crippen LogP contribution in [0.15, 0.2) is 6.20 Å². The Morgan fingerprint density at radius 3 is 2.81 bits per heavy atom. The molecule has 0 spiro atoms. The molecule has 116 valence electrons. The molecule has 1 unspecified atom stereocenters. The molecule has 2 heterocycles. The van der Waals surface area contributed by atoms with Crippen LogP contribution in [-0.2, 0) is 11.3 Å². The van der Waals surface area contributed by atoms with Gasteiger partial charge in [0, 0.05) is 13.1 Å². The zero-order chi connectivity index (χ0) is 15.2. The summed E-state index contributed by atoms with van der Waals surface area (Å²) in [5.74, 6) is -0.980. The fraction of sp³-hybridized carbons (Fsp3) is 0.692. The van der Waals surface area contributed by atoms with Crippen LogP contribution < -0.4 is 5.32 Å². The molecule has 21 heavy (non-hydrogen) atoms. The Labute approximate surface area is 123 Å². The van der Waals surface area contributed by atoms with E-state index in [1.165, 1.54) is 19.0 Å². The predicted molar refractivity (Wildman–Crippen MR) is 74.8 cm³/mol. The van der Waals surface area contributed by atoms with Gasteiger partial charge in [0.15, 0.2) is 5.69 Å². The third-order valence-electron chi connectivity index (χ3n) is 3.45. The number of aliphatic carboxylic acids is 1. The molecule has 8 nitrogen and oxygen atoms in total. The van der Waals surface area contributed by atoms with Gasteiger partial charge in [-0.2, -0.15) is 0 Å². The molecular weight excluding hydrogens is 274 g/mol. The molecule has 1 aromatic rings. The number of likely N-dealkylation sites (tertiary alicyclic amines) is 1. The predicted octanol–water partition coefficient (Wildman–Crippen LogP) is -0.176. The average Bonchev–Trinajstić information content (AvgIpc) is 3.07. The summed E-state index contributed by atoms with van der Waals surface area (Å²) in [5.41, 5.74) is 0.143. The first-order valence-corrected chi connectivity index (χ1v) is 7.17. The van der Waals surface area contributed by atoms with Crippen LogP contribution in [0.1, 0.15) is 30.3 Å². The van der Waals surface area contributed by atoms with Gasteiger partial charge in [-0.3, -0.25) is 9.59 Å². The first-order chi connectivity index (χ1) is 10.0. The van der Waals surface area contributed by atoms with Crippen molar-refractivity contribution in [1.29, 1.82) is 0 Å². The molecule has 1 atom stereocenters. The number of aromatic nitrogens is 3. The zero-order valence-corrected chi connectivity index (χ0v) is 12.2. The number of rotatable bonds is 7. The lowest BCUT2D eigenvalue weighted by molar-refractivity contribution is -0.137. The van der Waals surface area contributed by atoms with E-state index in [-0.39, 0.29) is 18.1 Å². The van der Waals surface area contributed by atoms with Gasteiger partial charge in [0.2, 0.25) is 0 Å². The molecule has 0 aliphatic carbocycles. The Bertz CT molecular complexity index is 496. The van der Waals surface area contributed by atoms with E-state index in [2.05, 4.69) is 27.5 Å². The van der Waals surface area contributed by atoms with Crippen molar-refractivity contribution in [2.75, 3.05) is 26.2 Å². The van der Waals surface area contributed by atoms with Gasteiger partial charge in [0.25, 0.3) is 5.91 Å². The third kappa shape index (κ3) is 4.82. The molecule has 2 rings (SSSR count). The van der Waals surface area contributed by atoms with Gasteiger partial charge in [0.1, 0.15) is 6.54 Å². The normalized spacial score (nSPS) is 16.8. The first kappa shape index (κ1) is 15.4. The number of hydrogen-bond donors (Lipinski definition) is 2. The highest BCUT2D eigenvalue weighted by Gasteiger charge is 2.16. The van der Waals surface area contributed by atoms with Crippen molar-refractivity contribution in [1.82, 2.24) is 25.2 Å². The SMILES string of the molecule is CC(CNC(=O)c1cn(CC(=O)O)nn1)CN1CCCC1. The largest absolute Gasteiger partial charge is 0.480 e. The Morgan fingerprint density at radius 2 is 2.14 bits per heavy atom. The minimum absolute atomic E-state index is 0.143. The number of carboxylic acids is 1. The second kappa shape index (κ2) is 7.16. The lowest BCUT2D eigenvalue weighted by Gasteiger charge is -2.20. The van der Waals surface area contributed by atoms with Crippen LogP contribution >= 0.6 is 0 Å². The van der Waals surface area contributed by atoms with Gasteiger partial charge >= 0.3 is 5.97 Å². The number of carboxylic acid groups (broad SMARTS) is 1. The summed E-state index contributed by atoms with van der Waals surface area (Å²) >= 11 is 0. The topological polar surface area (TPSA) is 100 Å². The van der Waals surface area contributed by atoms with Crippen LogP contribution in [-0.4, -0.2) is 63.1 Å². The van der Waals surface area contributed by atoms with Crippen molar-refractivity contribution in [3.05, 3.63) is 11.9 Å². The van der Waals surface area contributed by atoms with Crippen molar-refractivity contribution < 1.29 is 14.7 Å². The molecule has 2 N–H and O–H groups in total. The van der Waals surface area contributed by atoms with Crippen molar-refractivity contribution in [3.8, 4) is 0 Å². The van der Waals surface area contributed by atoms with Crippen LogP contribution in [0.3, 0.4) is 0 Å². The first-order valence-electron chi connectivity index (χ1n) is 7.17. The minimum atomic E-state index is -1.02. The van der Waals surface area contributed by atoms with Crippen LogP contribution in [0.4, 0.5) is 0 Å². The van der Waals surface area contributed by atoms with E-state index in [0.29, 0.717) is 12.5 Å². The van der Waals surface area contributed by atoms with Gasteiger partial charge in [-0.25, -0.2) is 4.68 Å². The molecule has 1 amide bonds. The van der Waals surface area contributed by atoms with Crippen molar-refractivity contribution >= 4 is 11.9 Å². The Hall–Kier alpha value is -1.96. The van der Waals surface area contributed by atoms with E-state index in [0.717, 1.165) is 24.3 Å². The monoisotopic (exact) mass is 295 g/mol. The number of amides is 1. The fourth-order valence-electron chi connectivity index (χ4n) is 2.45. The molecule has 8 heteroatoms. The molecular formula is C13H21N5O3. The number of nitrogens with zero attached hydrogens (tertiary/aromatic N) is 4. The summed E-state index contributed by atoms with van der Waals surface area (Å²) in [4.78, 5) is 24.8. The highest BCUT2D eigenvalue weighted by atomic mass is 16.4. The van der Waals surface area contributed by atoms with E-state index in [4.69, 9.17) is 5.11 Å². The van der Waals surface area contributed by atoms with Crippen LogP contribution in [0.5, 0.6) is 0 Å². The van der Waals surface area contributed by atoms with Gasteiger partial charge in [-0.1, -0.05) is 12.1 Å².